The molecule has 1 amide bonds. The topological polar surface area (TPSA) is 84.2 Å². The first-order valence-corrected chi connectivity index (χ1v) is 7.66. The second-order valence-electron chi connectivity index (χ2n) is 5.38. The first-order chi connectivity index (χ1) is 11.1. The van der Waals surface area contributed by atoms with Gasteiger partial charge < -0.3 is 10.4 Å². The van der Waals surface area contributed by atoms with E-state index in [1.54, 1.807) is 6.20 Å². The zero-order valence-corrected chi connectivity index (χ0v) is 12.9. The minimum Gasteiger partial charge on any atom is -0.481 e. The zero-order chi connectivity index (χ0) is 16.5. The molecule has 0 radical (unpaired) electrons. The largest absolute Gasteiger partial charge is 0.481 e. The van der Waals surface area contributed by atoms with Gasteiger partial charge in [-0.3, -0.25) is 14.3 Å². The number of hydrogen-bond acceptors (Lipinski definition) is 3. The summed E-state index contributed by atoms with van der Waals surface area (Å²) in [5.41, 5.74) is 0.876. The molecule has 0 saturated carbocycles. The van der Waals surface area contributed by atoms with Crippen LogP contribution in [0.15, 0.2) is 48.8 Å². The van der Waals surface area contributed by atoms with E-state index in [9.17, 15) is 9.59 Å². The highest BCUT2D eigenvalue weighted by Crippen LogP contribution is 2.23. The van der Waals surface area contributed by atoms with Crippen LogP contribution < -0.4 is 5.32 Å². The molecule has 0 bridgehead atoms. The van der Waals surface area contributed by atoms with E-state index in [1.807, 2.05) is 47.3 Å². The quantitative estimate of drug-likeness (QED) is 0.694. The Morgan fingerprint density at radius 3 is 2.61 bits per heavy atom. The minimum atomic E-state index is -0.898. The Bertz CT molecular complexity index is 611. The van der Waals surface area contributed by atoms with Crippen LogP contribution in [0.25, 0.3) is 0 Å². The molecule has 2 N–H and O–H groups in total. The lowest BCUT2D eigenvalue weighted by molar-refractivity contribution is -0.137. The van der Waals surface area contributed by atoms with Gasteiger partial charge in [0.1, 0.15) is 0 Å². The van der Waals surface area contributed by atoms with Crippen LogP contribution >= 0.6 is 0 Å². The van der Waals surface area contributed by atoms with Crippen molar-refractivity contribution in [2.75, 3.05) is 6.54 Å². The zero-order valence-electron chi connectivity index (χ0n) is 12.9. The third-order valence-electron chi connectivity index (χ3n) is 3.57. The van der Waals surface area contributed by atoms with E-state index in [-0.39, 0.29) is 24.7 Å². The summed E-state index contributed by atoms with van der Waals surface area (Å²) in [6.07, 6.45) is 4.50. The van der Waals surface area contributed by atoms with Crippen molar-refractivity contribution in [3.8, 4) is 0 Å². The number of hydrogen-bond donors (Lipinski definition) is 2. The Morgan fingerprint density at radius 1 is 1.17 bits per heavy atom. The first kappa shape index (κ1) is 16.7. The standard InChI is InChI=1S/C17H21N3O3/c21-16(18-8-4-10-20-11-5-9-19-20)12-15(13-17(22)23)14-6-2-1-3-7-14/h1-3,5-7,9,11,15H,4,8,10,12-13H2,(H,18,21)(H,22,23). The van der Waals surface area contributed by atoms with E-state index in [2.05, 4.69) is 10.4 Å². The Labute approximate surface area is 135 Å². The SMILES string of the molecule is O=C(O)CC(CC(=O)NCCCn1cccn1)c1ccccc1. The van der Waals surface area contributed by atoms with Crippen LogP contribution in [0.1, 0.15) is 30.7 Å². The van der Waals surface area contributed by atoms with Crippen molar-refractivity contribution in [2.45, 2.75) is 31.7 Å². The van der Waals surface area contributed by atoms with Gasteiger partial charge in [-0.2, -0.15) is 5.10 Å². The summed E-state index contributed by atoms with van der Waals surface area (Å²) in [7, 11) is 0. The molecular formula is C17H21N3O3. The predicted molar refractivity (Wildman–Crippen MR) is 85.9 cm³/mol. The fourth-order valence-corrected chi connectivity index (χ4v) is 2.44. The molecule has 0 saturated heterocycles. The average molecular weight is 315 g/mol. The Morgan fingerprint density at radius 2 is 1.96 bits per heavy atom. The summed E-state index contributed by atoms with van der Waals surface area (Å²) in [6, 6.07) is 11.2. The third-order valence-corrected chi connectivity index (χ3v) is 3.57. The van der Waals surface area contributed by atoms with Gasteiger partial charge in [0.15, 0.2) is 0 Å². The molecular weight excluding hydrogens is 294 g/mol. The minimum absolute atomic E-state index is 0.0509. The highest BCUT2D eigenvalue weighted by molar-refractivity contribution is 5.78. The maximum Gasteiger partial charge on any atom is 0.303 e. The summed E-state index contributed by atoms with van der Waals surface area (Å²) >= 11 is 0. The number of carbonyl (C=O) groups excluding carboxylic acids is 1. The summed E-state index contributed by atoms with van der Waals surface area (Å²) in [5.74, 6) is -1.33. The van der Waals surface area contributed by atoms with Crippen LogP contribution in [0.5, 0.6) is 0 Å². The molecule has 1 heterocycles. The van der Waals surface area contributed by atoms with Crippen molar-refractivity contribution < 1.29 is 14.7 Å². The average Bonchev–Trinajstić information content (AvgIpc) is 3.05. The molecule has 0 fully saturated rings. The number of carboxylic acid groups (broad SMARTS) is 1. The van der Waals surface area contributed by atoms with Gasteiger partial charge in [-0.15, -0.1) is 0 Å². The summed E-state index contributed by atoms with van der Waals surface area (Å²) in [6.45, 7) is 1.29. The van der Waals surface area contributed by atoms with Crippen LogP contribution in [0.2, 0.25) is 0 Å². The van der Waals surface area contributed by atoms with Gasteiger partial charge in [0.05, 0.1) is 6.42 Å². The number of aromatic nitrogens is 2. The van der Waals surface area contributed by atoms with E-state index >= 15 is 0 Å². The highest BCUT2D eigenvalue weighted by Gasteiger charge is 2.18. The lowest BCUT2D eigenvalue weighted by Crippen LogP contribution is -2.27. The molecule has 23 heavy (non-hydrogen) atoms. The van der Waals surface area contributed by atoms with Gasteiger partial charge in [0, 0.05) is 37.8 Å². The first-order valence-electron chi connectivity index (χ1n) is 7.66. The van der Waals surface area contributed by atoms with Crippen LogP contribution in [0, 0.1) is 0 Å². The van der Waals surface area contributed by atoms with Crippen molar-refractivity contribution in [1.29, 1.82) is 0 Å². The van der Waals surface area contributed by atoms with Gasteiger partial charge in [0.25, 0.3) is 0 Å². The number of nitrogens with one attached hydrogen (secondary N) is 1. The lowest BCUT2D eigenvalue weighted by Gasteiger charge is -2.15. The third kappa shape index (κ3) is 5.94. The van der Waals surface area contributed by atoms with E-state index in [1.165, 1.54) is 0 Å². The maximum atomic E-state index is 12.0. The van der Waals surface area contributed by atoms with E-state index in [4.69, 9.17) is 5.11 Å². The van der Waals surface area contributed by atoms with E-state index < -0.39 is 5.97 Å². The van der Waals surface area contributed by atoms with Crippen molar-refractivity contribution >= 4 is 11.9 Å². The summed E-state index contributed by atoms with van der Waals surface area (Å²) in [5, 5.41) is 16.0. The number of aliphatic carboxylic acids is 1. The van der Waals surface area contributed by atoms with Gasteiger partial charge in [0.2, 0.25) is 5.91 Å². The molecule has 1 aromatic heterocycles. The van der Waals surface area contributed by atoms with Crippen LogP contribution in [-0.2, 0) is 16.1 Å². The smallest absolute Gasteiger partial charge is 0.303 e. The number of nitrogens with zero attached hydrogens (tertiary/aromatic N) is 2. The number of benzene rings is 1. The highest BCUT2D eigenvalue weighted by atomic mass is 16.4. The van der Waals surface area contributed by atoms with Gasteiger partial charge in [-0.25, -0.2) is 0 Å². The monoisotopic (exact) mass is 315 g/mol. The molecule has 1 unspecified atom stereocenters. The molecule has 2 aromatic rings. The lowest BCUT2D eigenvalue weighted by atomic mass is 9.92. The number of aryl methyl sites for hydroxylation is 1. The van der Waals surface area contributed by atoms with E-state index in [0.29, 0.717) is 6.54 Å². The van der Waals surface area contributed by atoms with E-state index in [0.717, 1.165) is 18.5 Å². The molecule has 0 spiro atoms. The van der Waals surface area contributed by atoms with Gasteiger partial charge in [-0.05, 0) is 18.1 Å². The van der Waals surface area contributed by atoms with Crippen LogP contribution in [0.4, 0.5) is 0 Å². The number of carbonyl (C=O) groups is 2. The molecule has 6 nitrogen and oxygen atoms in total. The fourth-order valence-electron chi connectivity index (χ4n) is 2.44. The van der Waals surface area contributed by atoms with Crippen LogP contribution in [-0.4, -0.2) is 33.3 Å². The second-order valence-corrected chi connectivity index (χ2v) is 5.38. The Kier molecular flexibility index (Phi) is 6.35. The van der Waals surface area contributed by atoms with Gasteiger partial charge >= 0.3 is 5.97 Å². The Hall–Kier alpha value is -2.63. The second kappa shape index (κ2) is 8.73. The normalized spacial score (nSPS) is 11.8. The summed E-state index contributed by atoms with van der Waals surface area (Å²) < 4.78 is 1.81. The predicted octanol–water partition coefficient (Wildman–Crippen LogP) is 2.04. The van der Waals surface area contributed by atoms with Crippen molar-refractivity contribution in [1.82, 2.24) is 15.1 Å². The van der Waals surface area contributed by atoms with Crippen molar-refractivity contribution in [3.63, 3.8) is 0 Å². The molecule has 0 aliphatic rings. The fraction of sp³-hybridized carbons (Fsp3) is 0.353. The Balaban J connectivity index is 1.79. The molecule has 1 aromatic carbocycles. The number of rotatable bonds is 9. The van der Waals surface area contributed by atoms with Crippen molar-refractivity contribution in [3.05, 3.63) is 54.4 Å². The maximum absolute atomic E-state index is 12.0. The molecule has 6 heteroatoms. The number of amides is 1. The van der Waals surface area contributed by atoms with Gasteiger partial charge in [-0.1, -0.05) is 30.3 Å². The molecule has 2 rings (SSSR count). The van der Waals surface area contributed by atoms with Crippen LogP contribution in [0.3, 0.4) is 0 Å². The molecule has 0 aliphatic heterocycles. The molecule has 0 aliphatic carbocycles. The molecule has 1 atom stereocenters. The van der Waals surface area contributed by atoms with Crippen molar-refractivity contribution in [2.24, 2.45) is 0 Å². The number of carboxylic acids is 1. The summed E-state index contributed by atoms with van der Waals surface area (Å²) in [4.78, 5) is 23.1. The molecule has 122 valence electrons.